The first kappa shape index (κ1) is 15.9. The fourth-order valence-corrected chi connectivity index (χ4v) is 1.53. The predicted octanol–water partition coefficient (Wildman–Crippen LogP) is 3.28. The summed E-state index contributed by atoms with van der Waals surface area (Å²) in [6.07, 6.45) is 3.57. The maximum atomic E-state index is 6.13. The van der Waals surface area contributed by atoms with Gasteiger partial charge in [0.05, 0.1) is 6.04 Å². The molecule has 0 fully saturated rings. The molecule has 2 aromatic rings. The lowest BCUT2D eigenvalue weighted by Gasteiger charge is -2.11. The van der Waals surface area contributed by atoms with Crippen molar-refractivity contribution in [1.82, 2.24) is 4.98 Å². The van der Waals surface area contributed by atoms with Crippen LogP contribution in [0.4, 0.5) is 0 Å². The quantitative estimate of drug-likeness (QED) is 0.910. The number of nitrogens with zero attached hydrogens (tertiary/aromatic N) is 1. The van der Waals surface area contributed by atoms with Gasteiger partial charge in [-0.05, 0) is 24.1 Å². The highest BCUT2D eigenvalue weighted by molar-refractivity contribution is 5.85. The lowest BCUT2D eigenvalue weighted by molar-refractivity contribution is 0.862. The van der Waals surface area contributed by atoms with Gasteiger partial charge in [-0.2, -0.15) is 0 Å². The van der Waals surface area contributed by atoms with Gasteiger partial charge in [0, 0.05) is 12.4 Å². The minimum atomic E-state index is -0.0840. The Labute approximate surface area is 114 Å². The van der Waals surface area contributed by atoms with Gasteiger partial charge in [-0.1, -0.05) is 35.9 Å². The zero-order valence-electron chi connectivity index (χ0n) is 9.54. The summed E-state index contributed by atoms with van der Waals surface area (Å²) in [5.41, 5.74) is 9.54. The van der Waals surface area contributed by atoms with E-state index in [0.29, 0.717) is 0 Å². The maximum Gasteiger partial charge on any atom is 0.0566 e. The van der Waals surface area contributed by atoms with Crippen molar-refractivity contribution in [3.8, 4) is 0 Å². The zero-order valence-corrected chi connectivity index (χ0v) is 11.2. The number of benzene rings is 1. The molecular formula is C13H16Cl2N2. The molecule has 0 aliphatic rings. The molecule has 0 aliphatic carbocycles. The number of rotatable bonds is 2. The van der Waals surface area contributed by atoms with Crippen molar-refractivity contribution in [3.05, 3.63) is 65.5 Å². The van der Waals surface area contributed by atoms with Gasteiger partial charge in [-0.25, -0.2) is 0 Å². The zero-order chi connectivity index (χ0) is 10.7. The Bertz CT molecular complexity index is 429. The van der Waals surface area contributed by atoms with Crippen LogP contribution in [0, 0.1) is 6.92 Å². The average Bonchev–Trinajstić information content (AvgIpc) is 2.30. The van der Waals surface area contributed by atoms with E-state index in [9.17, 15) is 0 Å². The second-order valence-corrected chi connectivity index (χ2v) is 3.67. The van der Waals surface area contributed by atoms with E-state index < -0.39 is 0 Å². The third kappa shape index (κ3) is 4.00. The fraction of sp³-hybridized carbons (Fsp3) is 0.154. The highest BCUT2D eigenvalue weighted by Gasteiger charge is 2.07. The third-order valence-corrected chi connectivity index (χ3v) is 2.48. The van der Waals surface area contributed by atoms with Crippen molar-refractivity contribution in [1.29, 1.82) is 0 Å². The molecule has 2 rings (SSSR count). The normalized spacial score (nSPS) is 10.9. The van der Waals surface area contributed by atoms with Crippen molar-refractivity contribution in [3.63, 3.8) is 0 Å². The fourth-order valence-electron chi connectivity index (χ4n) is 1.53. The van der Waals surface area contributed by atoms with Crippen molar-refractivity contribution in [2.45, 2.75) is 13.0 Å². The van der Waals surface area contributed by atoms with Gasteiger partial charge in [-0.15, -0.1) is 24.8 Å². The molecule has 0 spiro atoms. The van der Waals surface area contributed by atoms with Gasteiger partial charge < -0.3 is 5.73 Å². The van der Waals surface area contributed by atoms with E-state index >= 15 is 0 Å². The van der Waals surface area contributed by atoms with Crippen LogP contribution in [0.5, 0.6) is 0 Å². The molecule has 0 bridgehead atoms. The second kappa shape index (κ2) is 7.28. The Morgan fingerprint density at radius 3 is 2.18 bits per heavy atom. The van der Waals surface area contributed by atoms with Crippen LogP contribution in [-0.4, -0.2) is 4.98 Å². The summed E-state index contributed by atoms with van der Waals surface area (Å²) in [5.74, 6) is 0. The number of aromatic nitrogens is 1. The Balaban J connectivity index is 0.00000128. The van der Waals surface area contributed by atoms with Gasteiger partial charge in [0.1, 0.15) is 0 Å². The lowest BCUT2D eigenvalue weighted by Crippen LogP contribution is -2.11. The summed E-state index contributed by atoms with van der Waals surface area (Å²) in [7, 11) is 0. The number of hydrogen-bond donors (Lipinski definition) is 1. The van der Waals surface area contributed by atoms with Gasteiger partial charge >= 0.3 is 0 Å². The van der Waals surface area contributed by atoms with Crippen LogP contribution in [0.3, 0.4) is 0 Å². The molecule has 4 heteroatoms. The molecule has 17 heavy (non-hydrogen) atoms. The second-order valence-electron chi connectivity index (χ2n) is 3.67. The van der Waals surface area contributed by atoms with Gasteiger partial charge in [0.2, 0.25) is 0 Å². The molecule has 1 heterocycles. The molecule has 1 atom stereocenters. The molecule has 0 aliphatic heterocycles. The molecule has 0 saturated heterocycles. The molecule has 1 unspecified atom stereocenters. The first-order valence-corrected chi connectivity index (χ1v) is 4.99. The summed E-state index contributed by atoms with van der Waals surface area (Å²) in [4.78, 5) is 4.07. The number of pyridine rings is 1. The van der Waals surface area contributed by atoms with E-state index in [1.165, 1.54) is 5.56 Å². The number of halogens is 2. The predicted molar refractivity (Wildman–Crippen MR) is 75.9 cm³/mol. The Kier molecular flexibility index (Phi) is 6.81. The van der Waals surface area contributed by atoms with Gasteiger partial charge in [0.15, 0.2) is 0 Å². The SMILES string of the molecule is Cc1ccc(C(N)c2cccnc2)cc1.Cl.Cl. The topological polar surface area (TPSA) is 38.9 Å². The number of aryl methyl sites for hydroxylation is 1. The third-order valence-electron chi connectivity index (χ3n) is 2.48. The molecule has 0 saturated carbocycles. The minimum absolute atomic E-state index is 0. The van der Waals surface area contributed by atoms with Gasteiger partial charge in [-0.3, -0.25) is 4.98 Å². The standard InChI is InChI=1S/C13H14N2.2ClH/c1-10-4-6-11(7-5-10)13(14)12-3-2-8-15-9-12;;/h2-9,13H,14H2,1H3;2*1H. The van der Waals surface area contributed by atoms with Crippen LogP contribution in [-0.2, 0) is 0 Å². The van der Waals surface area contributed by atoms with E-state index in [1.54, 1.807) is 6.20 Å². The van der Waals surface area contributed by atoms with E-state index in [1.807, 2.05) is 18.3 Å². The number of hydrogen-bond acceptors (Lipinski definition) is 2. The van der Waals surface area contributed by atoms with Crippen molar-refractivity contribution in [2.75, 3.05) is 0 Å². The van der Waals surface area contributed by atoms with Crippen LogP contribution in [0.25, 0.3) is 0 Å². The Morgan fingerprint density at radius 2 is 1.65 bits per heavy atom. The van der Waals surface area contributed by atoms with E-state index in [-0.39, 0.29) is 30.9 Å². The van der Waals surface area contributed by atoms with Crippen LogP contribution in [0.15, 0.2) is 48.8 Å². The van der Waals surface area contributed by atoms with E-state index in [2.05, 4.69) is 36.2 Å². The summed E-state index contributed by atoms with van der Waals surface area (Å²) in [5, 5.41) is 0. The average molecular weight is 271 g/mol. The number of nitrogens with two attached hydrogens (primary N) is 1. The van der Waals surface area contributed by atoms with Crippen LogP contribution < -0.4 is 5.73 Å². The van der Waals surface area contributed by atoms with Crippen LogP contribution >= 0.6 is 24.8 Å². The minimum Gasteiger partial charge on any atom is -0.320 e. The van der Waals surface area contributed by atoms with Gasteiger partial charge in [0.25, 0.3) is 0 Å². The van der Waals surface area contributed by atoms with Crippen molar-refractivity contribution >= 4 is 24.8 Å². The van der Waals surface area contributed by atoms with E-state index in [0.717, 1.165) is 11.1 Å². The molecule has 0 radical (unpaired) electrons. The first-order chi connectivity index (χ1) is 7.27. The monoisotopic (exact) mass is 270 g/mol. The highest BCUT2D eigenvalue weighted by Crippen LogP contribution is 2.18. The van der Waals surface area contributed by atoms with Crippen LogP contribution in [0.1, 0.15) is 22.7 Å². The smallest absolute Gasteiger partial charge is 0.0566 e. The molecule has 1 aromatic heterocycles. The summed E-state index contributed by atoms with van der Waals surface area (Å²) in [6.45, 7) is 2.07. The molecule has 92 valence electrons. The summed E-state index contributed by atoms with van der Waals surface area (Å²) >= 11 is 0. The summed E-state index contributed by atoms with van der Waals surface area (Å²) < 4.78 is 0. The molecule has 1 aromatic carbocycles. The maximum absolute atomic E-state index is 6.13. The lowest BCUT2D eigenvalue weighted by atomic mass is 10.0. The molecule has 0 amide bonds. The Morgan fingerprint density at radius 1 is 1.00 bits per heavy atom. The van der Waals surface area contributed by atoms with Crippen molar-refractivity contribution in [2.24, 2.45) is 5.73 Å². The molecule has 2 N–H and O–H groups in total. The largest absolute Gasteiger partial charge is 0.320 e. The van der Waals surface area contributed by atoms with Crippen LogP contribution in [0.2, 0.25) is 0 Å². The molecular weight excluding hydrogens is 255 g/mol. The van der Waals surface area contributed by atoms with E-state index in [4.69, 9.17) is 5.73 Å². The Hall–Kier alpha value is -1.09. The first-order valence-electron chi connectivity index (χ1n) is 4.99. The molecule has 2 nitrogen and oxygen atoms in total. The highest BCUT2D eigenvalue weighted by atomic mass is 35.5. The summed E-state index contributed by atoms with van der Waals surface area (Å²) in [6, 6.07) is 12.1. The van der Waals surface area contributed by atoms with Crippen molar-refractivity contribution < 1.29 is 0 Å².